The average molecular weight is 274 g/mol. The molecule has 3 rings (SSSR count). The van der Waals surface area contributed by atoms with Gasteiger partial charge in [-0.15, -0.1) is 0 Å². The lowest BCUT2D eigenvalue weighted by Crippen LogP contribution is -2.26. The number of benzene rings is 1. The molecular formula is C17H22O3. The van der Waals surface area contributed by atoms with Crippen LogP contribution in [0.5, 0.6) is 0 Å². The maximum absolute atomic E-state index is 12.1. The van der Waals surface area contributed by atoms with Crippen LogP contribution in [0.25, 0.3) is 0 Å². The fourth-order valence-corrected chi connectivity index (χ4v) is 2.64. The number of hydrogen-bond acceptors (Lipinski definition) is 3. The Morgan fingerprint density at radius 1 is 1.00 bits per heavy atom. The Hall–Kier alpha value is -1.64. The maximum atomic E-state index is 12.1. The Morgan fingerprint density at radius 2 is 1.55 bits per heavy atom. The van der Waals surface area contributed by atoms with Crippen molar-refractivity contribution in [2.24, 2.45) is 0 Å². The third-order valence-corrected chi connectivity index (χ3v) is 3.76. The first kappa shape index (κ1) is 14.8. The molecule has 0 heterocycles. The second-order valence-corrected chi connectivity index (χ2v) is 5.48. The molecule has 0 saturated carbocycles. The molecule has 2 bridgehead atoms. The molecule has 0 unspecified atom stereocenters. The van der Waals surface area contributed by atoms with Gasteiger partial charge in [0.15, 0.2) is 11.9 Å². The first-order valence-electron chi connectivity index (χ1n) is 7.43. The molecule has 0 amide bonds. The third kappa shape index (κ3) is 4.48. The topological polar surface area (TPSA) is 43.4 Å². The van der Waals surface area contributed by atoms with Crippen molar-refractivity contribution in [3.05, 3.63) is 35.4 Å². The summed E-state index contributed by atoms with van der Waals surface area (Å²) in [5, 5.41) is 0. The quantitative estimate of drug-likeness (QED) is 0.738. The minimum absolute atomic E-state index is 0.0720. The van der Waals surface area contributed by atoms with Crippen LogP contribution in [0.3, 0.4) is 0 Å². The molecule has 0 radical (unpaired) electrons. The summed E-state index contributed by atoms with van der Waals surface area (Å²) in [6, 6.07) is 8.68. The van der Waals surface area contributed by atoms with Gasteiger partial charge in [-0.05, 0) is 49.7 Å². The number of Topliss-reactive ketones (excluding diaryl/α,β-unsaturated/α-hetero) is 1. The molecule has 0 N–H and O–H groups in total. The molecule has 0 fully saturated rings. The first-order valence-corrected chi connectivity index (χ1v) is 7.43. The number of hydrogen-bond donors (Lipinski definition) is 0. The van der Waals surface area contributed by atoms with Crippen molar-refractivity contribution >= 4 is 11.8 Å². The molecule has 1 atom stereocenters. The van der Waals surface area contributed by atoms with E-state index in [1.807, 2.05) is 0 Å². The Balaban J connectivity index is 2.04. The molecule has 108 valence electrons. The van der Waals surface area contributed by atoms with E-state index >= 15 is 0 Å². The number of esters is 1. The SMILES string of the molecule is CC(=O)O[C@@H]1CCCc2ccc(cc2)CCCCC1=O. The van der Waals surface area contributed by atoms with Gasteiger partial charge in [-0.3, -0.25) is 9.59 Å². The van der Waals surface area contributed by atoms with Gasteiger partial charge in [0.05, 0.1) is 0 Å². The van der Waals surface area contributed by atoms with Crippen LogP contribution < -0.4 is 0 Å². The van der Waals surface area contributed by atoms with Gasteiger partial charge in [0.25, 0.3) is 0 Å². The second kappa shape index (κ2) is 7.22. The van der Waals surface area contributed by atoms with E-state index in [9.17, 15) is 9.59 Å². The van der Waals surface area contributed by atoms with E-state index in [0.29, 0.717) is 12.8 Å². The van der Waals surface area contributed by atoms with E-state index < -0.39 is 6.10 Å². The molecular weight excluding hydrogens is 252 g/mol. The Morgan fingerprint density at radius 3 is 2.15 bits per heavy atom. The van der Waals surface area contributed by atoms with Crippen molar-refractivity contribution in [1.82, 2.24) is 0 Å². The lowest BCUT2D eigenvalue weighted by Gasteiger charge is -2.15. The van der Waals surface area contributed by atoms with Gasteiger partial charge >= 0.3 is 5.97 Å². The molecule has 3 heteroatoms. The highest BCUT2D eigenvalue weighted by Crippen LogP contribution is 2.16. The highest BCUT2D eigenvalue weighted by molar-refractivity contribution is 5.85. The number of rotatable bonds is 1. The van der Waals surface area contributed by atoms with Gasteiger partial charge in [0, 0.05) is 13.3 Å². The summed E-state index contributed by atoms with van der Waals surface area (Å²) in [4.78, 5) is 23.2. The second-order valence-electron chi connectivity index (χ2n) is 5.48. The summed E-state index contributed by atoms with van der Waals surface area (Å²) in [7, 11) is 0. The summed E-state index contributed by atoms with van der Waals surface area (Å²) < 4.78 is 5.18. The van der Waals surface area contributed by atoms with Crippen LogP contribution in [0.15, 0.2) is 24.3 Å². The van der Waals surface area contributed by atoms with Crippen LogP contribution in [0.2, 0.25) is 0 Å². The summed E-state index contributed by atoms with van der Waals surface area (Å²) in [5.74, 6) is -0.292. The molecule has 0 aromatic heterocycles. The van der Waals surface area contributed by atoms with Crippen LogP contribution in [-0.4, -0.2) is 17.9 Å². The van der Waals surface area contributed by atoms with Gasteiger partial charge < -0.3 is 4.74 Å². The zero-order chi connectivity index (χ0) is 14.4. The molecule has 3 nitrogen and oxygen atoms in total. The van der Waals surface area contributed by atoms with Crippen LogP contribution >= 0.6 is 0 Å². The standard InChI is InChI=1S/C17H22O3/c1-13(18)20-17-8-4-6-15-11-9-14(10-12-15)5-2-3-7-16(17)19/h9-12,17H,2-8H2,1H3/t17-/m1/s1. The first-order chi connectivity index (χ1) is 9.65. The molecule has 0 saturated heterocycles. The van der Waals surface area contributed by atoms with Gasteiger partial charge in [-0.1, -0.05) is 24.3 Å². The predicted molar refractivity (Wildman–Crippen MR) is 77.5 cm³/mol. The minimum Gasteiger partial charge on any atom is -0.455 e. The lowest BCUT2D eigenvalue weighted by atomic mass is 10.0. The number of carbonyl (C=O) groups excluding carboxylic acids is 2. The number of carbonyl (C=O) groups is 2. The largest absolute Gasteiger partial charge is 0.455 e. The molecule has 1 aromatic rings. The molecule has 2 aliphatic carbocycles. The van der Waals surface area contributed by atoms with Gasteiger partial charge in [-0.2, -0.15) is 0 Å². The van der Waals surface area contributed by atoms with E-state index in [4.69, 9.17) is 4.74 Å². The minimum atomic E-state index is -0.549. The van der Waals surface area contributed by atoms with E-state index in [0.717, 1.165) is 32.1 Å². The van der Waals surface area contributed by atoms with Crippen molar-refractivity contribution in [3.63, 3.8) is 0 Å². The lowest BCUT2D eigenvalue weighted by molar-refractivity contribution is -0.153. The van der Waals surface area contributed by atoms with Crippen LogP contribution in [0.1, 0.15) is 50.2 Å². The third-order valence-electron chi connectivity index (χ3n) is 3.76. The van der Waals surface area contributed by atoms with Crippen molar-refractivity contribution in [1.29, 1.82) is 0 Å². The highest BCUT2D eigenvalue weighted by Gasteiger charge is 2.20. The molecule has 1 aromatic carbocycles. The van der Waals surface area contributed by atoms with Crippen molar-refractivity contribution < 1.29 is 14.3 Å². The molecule has 2 aliphatic rings. The Bertz CT molecular complexity index is 462. The monoisotopic (exact) mass is 274 g/mol. The normalized spacial score (nSPS) is 20.6. The van der Waals surface area contributed by atoms with Gasteiger partial charge in [0.2, 0.25) is 0 Å². The van der Waals surface area contributed by atoms with Gasteiger partial charge in [-0.25, -0.2) is 0 Å². The van der Waals surface area contributed by atoms with Crippen LogP contribution in [0.4, 0.5) is 0 Å². The summed E-state index contributed by atoms with van der Waals surface area (Å²) in [6.07, 6.45) is 5.23. The van der Waals surface area contributed by atoms with Gasteiger partial charge in [0.1, 0.15) is 0 Å². The predicted octanol–water partition coefficient (Wildman–Crippen LogP) is 3.24. The number of ketones is 1. The molecule has 0 aliphatic heterocycles. The van der Waals surface area contributed by atoms with Crippen molar-refractivity contribution in [2.45, 2.75) is 58.0 Å². The Kier molecular flexibility index (Phi) is 5.33. The number of aryl methyl sites for hydroxylation is 2. The zero-order valence-electron chi connectivity index (χ0n) is 12.1. The van der Waals surface area contributed by atoms with Crippen molar-refractivity contribution in [3.8, 4) is 0 Å². The smallest absolute Gasteiger partial charge is 0.303 e. The van der Waals surface area contributed by atoms with Crippen LogP contribution in [-0.2, 0) is 27.2 Å². The van der Waals surface area contributed by atoms with E-state index in [1.54, 1.807) is 0 Å². The van der Waals surface area contributed by atoms with Crippen molar-refractivity contribution in [2.75, 3.05) is 0 Å². The summed E-state index contributed by atoms with van der Waals surface area (Å²) in [5.41, 5.74) is 2.61. The summed E-state index contributed by atoms with van der Waals surface area (Å²) >= 11 is 0. The molecule has 0 spiro atoms. The van der Waals surface area contributed by atoms with Crippen LogP contribution in [0, 0.1) is 0 Å². The zero-order valence-corrected chi connectivity index (χ0v) is 12.1. The fourth-order valence-electron chi connectivity index (χ4n) is 2.64. The number of fused-ring (bicyclic) bond motifs is 10. The van der Waals surface area contributed by atoms with E-state index in [2.05, 4.69) is 24.3 Å². The Labute approximate surface area is 120 Å². The molecule has 20 heavy (non-hydrogen) atoms. The van der Waals surface area contributed by atoms with E-state index in [1.165, 1.54) is 18.1 Å². The van der Waals surface area contributed by atoms with E-state index in [-0.39, 0.29) is 11.8 Å². The highest BCUT2D eigenvalue weighted by atomic mass is 16.5. The fraction of sp³-hybridized carbons (Fsp3) is 0.529. The summed E-state index contributed by atoms with van der Waals surface area (Å²) in [6.45, 7) is 1.37. The average Bonchev–Trinajstić information content (AvgIpc) is 2.44. The number of ether oxygens (including phenoxy) is 1. The maximum Gasteiger partial charge on any atom is 0.303 e.